The summed E-state index contributed by atoms with van der Waals surface area (Å²) in [6.07, 6.45) is 0. The van der Waals surface area contributed by atoms with Crippen LogP contribution >= 0.6 is 24.8 Å². The van der Waals surface area contributed by atoms with Crippen molar-refractivity contribution in [1.29, 1.82) is 0 Å². The van der Waals surface area contributed by atoms with E-state index in [1.807, 2.05) is 0 Å². The summed E-state index contributed by atoms with van der Waals surface area (Å²) in [5.74, 6) is 0. The van der Waals surface area contributed by atoms with Crippen LogP contribution in [0.5, 0.6) is 0 Å². The number of aryl methyl sites for hydroxylation is 2. The standard InChI is InChI=1S/C11H11.C9H7.2CH3.2ClH.Si.Zr/c1-8-6-10-5-3-4-9(2)11(10)7-8;1-2-5-9-7-3-6-8(9)4-1;;;;;;/h3-7H,1-2H3;1-7H;2*1H3;2*1H;;/q4*-1;;;;. The van der Waals surface area contributed by atoms with Crippen LogP contribution in [0.2, 0.25) is 0 Å². The number of fused-ring (bicyclic) bond motifs is 2. The monoisotopic (exact) mass is 478 g/mol. The summed E-state index contributed by atoms with van der Waals surface area (Å²) >= 11 is 1.36. The van der Waals surface area contributed by atoms with Gasteiger partial charge in [-0.1, -0.05) is 24.6 Å². The molecule has 0 saturated carbocycles. The fraction of sp³-hybridized carbons (Fsp3) is 0.0909. The second kappa shape index (κ2) is 15.4. The third kappa shape index (κ3) is 7.92. The molecule has 0 nitrogen and oxygen atoms in total. The summed E-state index contributed by atoms with van der Waals surface area (Å²) in [6, 6.07) is 25.6. The van der Waals surface area contributed by atoms with Crippen LogP contribution in [0.4, 0.5) is 0 Å². The first kappa shape index (κ1) is 30.1. The quantitative estimate of drug-likeness (QED) is 0.186. The summed E-state index contributed by atoms with van der Waals surface area (Å²) in [5, 5.41) is 5.42. The molecule has 0 aliphatic carbocycles. The second-order valence-electron chi connectivity index (χ2n) is 5.27. The van der Waals surface area contributed by atoms with Crippen LogP contribution in [0, 0.1) is 28.7 Å². The summed E-state index contributed by atoms with van der Waals surface area (Å²) in [7, 11) is 0. The number of rotatable bonds is 0. The number of hydrogen-bond donors (Lipinski definition) is 0. The number of halogens is 2. The van der Waals surface area contributed by atoms with E-state index in [4.69, 9.17) is 0 Å². The molecule has 140 valence electrons. The van der Waals surface area contributed by atoms with Crippen molar-refractivity contribution in [3.63, 3.8) is 0 Å². The van der Waals surface area contributed by atoms with Gasteiger partial charge in [-0.2, -0.15) is 23.6 Å². The first-order chi connectivity index (χ1) is 10.7. The molecule has 4 heteroatoms. The van der Waals surface area contributed by atoms with Crippen molar-refractivity contribution < 1.29 is 23.3 Å². The van der Waals surface area contributed by atoms with E-state index in [1.54, 1.807) is 0 Å². The molecule has 0 N–H and O–H groups in total. The van der Waals surface area contributed by atoms with Gasteiger partial charge >= 0.3 is 30.2 Å². The Hall–Kier alpha value is -0.660. The molecule has 4 rings (SSSR count). The van der Waals surface area contributed by atoms with E-state index < -0.39 is 0 Å². The average molecular weight is 481 g/mol. The maximum Gasteiger partial charge on any atom is -0.0809 e. The Morgan fingerprint density at radius 2 is 1.42 bits per heavy atom. The Labute approximate surface area is 188 Å². The maximum absolute atomic E-state index is 3.06. The predicted molar refractivity (Wildman–Crippen MR) is 122 cm³/mol. The molecule has 2 radical (unpaired) electrons. The Morgan fingerprint density at radius 3 is 2.04 bits per heavy atom. The average Bonchev–Trinajstić information content (AvgIpc) is 3.16. The van der Waals surface area contributed by atoms with Crippen molar-refractivity contribution in [3.8, 4) is 0 Å². The molecular formula is C22H26Cl2SiZr-4. The largest absolute Gasteiger partial charge is 0.168 e. The molecular weight excluding hydrogens is 454 g/mol. The van der Waals surface area contributed by atoms with Crippen molar-refractivity contribution in [3.05, 3.63) is 98.8 Å². The van der Waals surface area contributed by atoms with Crippen molar-refractivity contribution in [2.45, 2.75) is 13.8 Å². The van der Waals surface area contributed by atoms with Crippen LogP contribution in [0.3, 0.4) is 0 Å². The van der Waals surface area contributed by atoms with E-state index >= 15 is 0 Å². The molecule has 0 heterocycles. The van der Waals surface area contributed by atoms with Crippen LogP contribution in [-0.2, 0) is 23.3 Å². The van der Waals surface area contributed by atoms with E-state index in [9.17, 15) is 0 Å². The van der Waals surface area contributed by atoms with Gasteiger partial charge in [-0.15, -0.1) is 89.0 Å². The third-order valence-electron chi connectivity index (χ3n) is 3.66. The third-order valence-corrected chi connectivity index (χ3v) is 3.66. The molecule has 26 heavy (non-hydrogen) atoms. The zero-order chi connectivity index (χ0) is 15.9. The van der Waals surface area contributed by atoms with Crippen molar-refractivity contribution in [1.82, 2.24) is 0 Å². The fourth-order valence-corrected chi connectivity index (χ4v) is 2.61. The molecule has 0 spiro atoms. The van der Waals surface area contributed by atoms with Gasteiger partial charge in [-0.25, -0.2) is 0 Å². The molecule has 0 amide bonds. The number of hydrogen-bond acceptors (Lipinski definition) is 0. The Balaban J connectivity index is -0.000000329. The van der Waals surface area contributed by atoms with Gasteiger partial charge in [-0.05, 0) is 6.92 Å². The van der Waals surface area contributed by atoms with Gasteiger partial charge in [0.1, 0.15) is 0 Å². The molecule has 4 aromatic carbocycles. The summed E-state index contributed by atoms with van der Waals surface area (Å²) in [6.45, 7) is 7.36. The smallest absolute Gasteiger partial charge is 0.0809 e. The molecule has 4 aromatic rings. The molecule has 0 fully saturated rings. The van der Waals surface area contributed by atoms with E-state index in [2.05, 4.69) is 93.5 Å². The second-order valence-corrected chi connectivity index (χ2v) is 5.27. The zero-order valence-corrected chi connectivity index (χ0v) is 20.8. The molecule has 0 bridgehead atoms. The summed E-state index contributed by atoms with van der Waals surface area (Å²) in [4.78, 5) is 0. The van der Waals surface area contributed by atoms with Gasteiger partial charge in [0, 0.05) is 0 Å². The molecule has 0 aliphatic heterocycles. The number of benzene rings is 2. The molecule has 0 aliphatic rings. The van der Waals surface area contributed by atoms with Crippen LogP contribution in [0.25, 0.3) is 21.5 Å². The Kier molecular flexibility index (Phi) is 17.8. The molecule has 0 unspecified atom stereocenters. The minimum atomic E-state index is 0. The molecule has 0 saturated heterocycles. The van der Waals surface area contributed by atoms with Crippen LogP contribution in [0.15, 0.2) is 72.8 Å². The minimum absolute atomic E-state index is 0. The van der Waals surface area contributed by atoms with Gasteiger partial charge < -0.3 is 14.9 Å². The van der Waals surface area contributed by atoms with E-state index in [0.29, 0.717) is 0 Å². The Bertz CT molecular complexity index is 834. The molecule has 0 atom stereocenters. The summed E-state index contributed by atoms with van der Waals surface area (Å²) < 4.78 is 0. The summed E-state index contributed by atoms with van der Waals surface area (Å²) in [5.41, 5.74) is 2.73. The van der Waals surface area contributed by atoms with Crippen LogP contribution < -0.4 is 0 Å². The van der Waals surface area contributed by atoms with Gasteiger partial charge in [0.15, 0.2) is 0 Å². The first-order valence-electron chi connectivity index (χ1n) is 7.22. The minimum Gasteiger partial charge on any atom is -0.168 e. The van der Waals surface area contributed by atoms with E-state index in [0.717, 1.165) is 0 Å². The van der Waals surface area contributed by atoms with Crippen molar-refractivity contribution in [2.75, 3.05) is 0 Å². The van der Waals surface area contributed by atoms with Crippen LogP contribution in [-0.4, -0.2) is 6.88 Å². The molecule has 0 aromatic heterocycles. The van der Waals surface area contributed by atoms with Crippen LogP contribution in [0.1, 0.15) is 11.1 Å². The predicted octanol–water partition coefficient (Wildman–Crippen LogP) is 7.10. The maximum atomic E-state index is 3.06. The topological polar surface area (TPSA) is 0 Å². The van der Waals surface area contributed by atoms with Gasteiger partial charge in [0.05, 0.1) is 0 Å². The first-order valence-corrected chi connectivity index (χ1v) is 11.4. The SMILES string of the molecule is Cc1cc2c(C)cccc2[cH-]1.Cl.Cl.[CH3-].[CH3-].[Si]=[Zr].c1ccc2[cH-]ccc2c1. The van der Waals surface area contributed by atoms with Gasteiger partial charge in [0.2, 0.25) is 0 Å². The Morgan fingerprint density at radius 1 is 0.808 bits per heavy atom. The van der Waals surface area contributed by atoms with E-state index in [1.165, 1.54) is 56.0 Å². The fourth-order valence-electron chi connectivity index (χ4n) is 2.61. The zero-order valence-electron chi connectivity index (χ0n) is 15.7. The normalized spacial score (nSPS) is 8.19. The van der Waals surface area contributed by atoms with Gasteiger partial charge in [-0.3, -0.25) is 0 Å². The van der Waals surface area contributed by atoms with Gasteiger partial charge in [0.25, 0.3) is 0 Å². The van der Waals surface area contributed by atoms with E-state index in [-0.39, 0.29) is 39.7 Å². The van der Waals surface area contributed by atoms with Crippen molar-refractivity contribution >= 4 is 53.2 Å². The van der Waals surface area contributed by atoms with Crippen molar-refractivity contribution in [2.24, 2.45) is 0 Å².